The Morgan fingerprint density at radius 3 is 2.92 bits per heavy atom. The Morgan fingerprint density at radius 1 is 1.32 bits per heavy atom. The molecule has 0 unspecified atom stereocenters. The lowest BCUT2D eigenvalue weighted by molar-refractivity contribution is 0.0249. The molecule has 0 spiro atoms. The lowest BCUT2D eigenvalue weighted by Crippen LogP contribution is -2.49. The van der Waals surface area contributed by atoms with Crippen LogP contribution in [0, 0.1) is 12.8 Å². The first-order valence-corrected chi connectivity index (χ1v) is 9.45. The summed E-state index contributed by atoms with van der Waals surface area (Å²) in [5.74, 6) is 0.582. The van der Waals surface area contributed by atoms with E-state index in [-0.39, 0.29) is 6.03 Å². The van der Waals surface area contributed by atoms with Crippen molar-refractivity contribution in [3.05, 3.63) is 29.6 Å². The molecule has 3 rings (SSSR count). The Morgan fingerprint density at radius 2 is 2.16 bits per heavy atom. The van der Waals surface area contributed by atoms with Crippen molar-refractivity contribution in [1.82, 2.24) is 20.1 Å². The van der Waals surface area contributed by atoms with Gasteiger partial charge in [-0.2, -0.15) is 0 Å². The summed E-state index contributed by atoms with van der Waals surface area (Å²) in [6, 6.07) is 4.16. The van der Waals surface area contributed by atoms with Crippen LogP contribution in [0.4, 0.5) is 4.79 Å². The fraction of sp³-hybridized carbons (Fsp3) is 0.684. The molecule has 138 valence electrons. The number of ether oxygens (including phenoxy) is 1. The number of rotatable bonds is 5. The molecule has 25 heavy (non-hydrogen) atoms. The van der Waals surface area contributed by atoms with E-state index in [1.165, 1.54) is 6.42 Å². The Balaban J connectivity index is 1.39. The lowest BCUT2D eigenvalue weighted by Gasteiger charge is -2.36. The van der Waals surface area contributed by atoms with E-state index < -0.39 is 0 Å². The van der Waals surface area contributed by atoms with Crippen molar-refractivity contribution in [1.29, 1.82) is 0 Å². The summed E-state index contributed by atoms with van der Waals surface area (Å²) in [6.45, 7) is 9.19. The number of morpholine rings is 1. The molecular formula is C19H30N4O2. The summed E-state index contributed by atoms with van der Waals surface area (Å²) in [4.78, 5) is 21.2. The number of amides is 2. The van der Waals surface area contributed by atoms with Crippen molar-refractivity contribution in [2.75, 3.05) is 52.5 Å². The summed E-state index contributed by atoms with van der Waals surface area (Å²) in [7, 11) is 0. The summed E-state index contributed by atoms with van der Waals surface area (Å²) < 4.78 is 5.41. The first kappa shape index (κ1) is 18.1. The molecule has 3 heterocycles. The Bertz CT molecular complexity index is 543. The zero-order chi connectivity index (χ0) is 17.5. The van der Waals surface area contributed by atoms with Crippen molar-refractivity contribution >= 4 is 6.03 Å². The average molecular weight is 346 g/mol. The summed E-state index contributed by atoms with van der Waals surface area (Å²) in [5.41, 5.74) is 2.18. The molecule has 1 atom stereocenters. The predicted octanol–water partition coefficient (Wildman–Crippen LogP) is 1.69. The highest BCUT2D eigenvalue weighted by Crippen LogP contribution is 2.18. The highest BCUT2D eigenvalue weighted by molar-refractivity contribution is 5.74. The second-order valence-corrected chi connectivity index (χ2v) is 7.16. The van der Waals surface area contributed by atoms with Gasteiger partial charge in [0.25, 0.3) is 0 Å². The second-order valence-electron chi connectivity index (χ2n) is 7.16. The number of piperidine rings is 1. The van der Waals surface area contributed by atoms with Crippen LogP contribution in [0.2, 0.25) is 0 Å². The summed E-state index contributed by atoms with van der Waals surface area (Å²) >= 11 is 0. The van der Waals surface area contributed by atoms with Crippen molar-refractivity contribution in [3.8, 4) is 0 Å². The number of hydrogen-bond donors (Lipinski definition) is 1. The fourth-order valence-electron chi connectivity index (χ4n) is 3.62. The fourth-order valence-corrected chi connectivity index (χ4v) is 3.62. The molecule has 0 saturated carbocycles. The van der Waals surface area contributed by atoms with Crippen molar-refractivity contribution in [2.24, 2.45) is 5.92 Å². The van der Waals surface area contributed by atoms with E-state index >= 15 is 0 Å². The zero-order valence-corrected chi connectivity index (χ0v) is 15.2. The van der Waals surface area contributed by atoms with Gasteiger partial charge >= 0.3 is 6.03 Å². The maximum absolute atomic E-state index is 12.4. The molecular weight excluding hydrogens is 316 g/mol. The summed E-state index contributed by atoms with van der Waals surface area (Å²) in [6.07, 6.45) is 5.03. The lowest BCUT2D eigenvalue weighted by atomic mass is 9.97. The molecule has 0 radical (unpaired) electrons. The van der Waals surface area contributed by atoms with Crippen LogP contribution in [-0.2, 0) is 11.2 Å². The van der Waals surface area contributed by atoms with Gasteiger partial charge in [-0.1, -0.05) is 6.07 Å². The molecule has 2 aliphatic rings. The normalized spacial score (nSPS) is 22.0. The zero-order valence-electron chi connectivity index (χ0n) is 15.2. The molecule has 6 heteroatoms. The molecule has 1 aromatic rings. The Kier molecular flexibility index (Phi) is 6.64. The van der Waals surface area contributed by atoms with E-state index in [9.17, 15) is 4.79 Å². The van der Waals surface area contributed by atoms with Gasteiger partial charge in [0, 0.05) is 51.2 Å². The average Bonchev–Trinajstić information content (AvgIpc) is 2.64. The van der Waals surface area contributed by atoms with Crippen LogP contribution in [0.3, 0.4) is 0 Å². The number of hydrogen-bond acceptors (Lipinski definition) is 4. The van der Waals surface area contributed by atoms with E-state index in [0.717, 1.165) is 70.0 Å². The number of pyridine rings is 1. The van der Waals surface area contributed by atoms with Crippen molar-refractivity contribution in [3.63, 3.8) is 0 Å². The smallest absolute Gasteiger partial charge is 0.317 e. The minimum Gasteiger partial charge on any atom is -0.379 e. The van der Waals surface area contributed by atoms with Gasteiger partial charge in [0.15, 0.2) is 0 Å². The monoisotopic (exact) mass is 346 g/mol. The highest BCUT2D eigenvalue weighted by atomic mass is 16.5. The SMILES string of the molecule is Cc1ccc(CCNC(=O)N2CCC[C@@H](CN3CCOCC3)C2)cn1. The maximum Gasteiger partial charge on any atom is 0.317 e. The van der Waals surface area contributed by atoms with Crippen molar-refractivity contribution in [2.45, 2.75) is 26.2 Å². The van der Waals surface area contributed by atoms with E-state index in [1.807, 2.05) is 24.1 Å². The molecule has 6 nitrogen and oxygen atoms in total. The molecule has 2 saturated heterocycles. The molecule has 1 aromatic heterocycles. The van der Waals surface area contributed by atoms with E-state index in [4.69, 9.17) is 4.74 Å². The number of nitrogens with one attached hydrogen (secondary N) is 1. The third-order valence-corrected chi connectivity index (χ3v) is 5.09. The molecule has 2 fully saturated rings. The number of likely N-dealkylation sites (tertiary alicyclic amines) is 1. The van der Waals surface area contributed by atoms with Crippen LogP contribution < -0.4 is 5.32 Å². The number of urea groups is 1. The Labute approximate surface area is 150 Å². The van der Waals surface area contributed by atoms with Crippen LogP contribution >= 0.6 is 0 Å². The maximum atomic E-state index is 12.4. The minimum atomic E-state index is 0.0757. The number of nitrogens with zero attached hydrogens (tertiary/aromatic N) is 3. The topological polar surface area (TPSA) is 57.7 Å². The van der Waals surface area contributed by atoms with E-state index in [0.29, 0.717) is 12.5 Å². The molecule has 2 aliphatic heterocycles. The second kappa shape index (κ2) is 9.15. The number of carbonyl (C=O) groups excluding carboxylic acids is 1. The van der Waals surface area contributed by atoms with Crippen LogP contribution in [-0.4, -0.2) is 73.3 Å². The molecule has 0 aromatic carbocycles. The van der Waals surface area contributed by atoms with Gasteiger partial charge in [-0.05, 0) is 43.7 Å². The standard InChI is InChI=1S/C19H30N4O2/c1-16-4-5-17(13-21-16)6-7-20-19(24)23-8-2-3-18(15-23)14-22-9-11-25-12-10-22/h4-5,13,18H,2-3,6-12,14-15H2,1H3,(H,20,24)/t18-/m0/s1. The number of aromatic nitrogens is 1. The van der Waals surface area contributed by atoms with Crippen LogP contribution in [0.15, 0.2) is 18.3 Å². The largest absolute Gasteiger partial charge is 0.379 e. The van der Waals surface area contributed by atoms with Crippen LogP contribution in [0.1, 0.15) is 24.1 Å². The van der Waals surface area contributed by atoms with Gasteiger partial charge < -0.3 is 15.0 Å². The number of carbonyl (C=O) groups is 1. The van der Waals surface area contributed by atoms with Crippen molar-refractivity contribution < 1.29 is 9.53 Å². The highest BCUT2D eigenvalue weighted by Gasteiger charge is 2.25. The Hall–Kier alpha value is -1.66. The molecule has 1 N–H and O–H groups in total. The molecule has 0 aliphatic carbocycles. The van der Waals surface area contributed by atoms with Crippen LogP contribution in [0.25, 0.3) is 0 Å². The first-order valence-electron chi connectivity index (χ1n) is 9.45. The van der Waals surface area contributed by atoms with Crippen LogP contribution in [0.5, 0.6) is 0 Å². The van der Waals surface area contributed by atoms with E-state index in [2.05, 4.69) is 21.3 Å². The van der Waals surface area contributed by atoms with Gasteiger partial charge in [-0.25, -0.2) is 4.79 Å². The van der Waals surface area contributed by atoms with E-state index in [1.54, 1.807) is 0 Å². The number of aryl methyl sites for hydroxylation is 1. The van der Waals surface area contributed by atoms with Gasteiger partial charge in [-0.3, -0.25) is 9.88 Å². The summed E-state index contributed by atoms with van der Waals surface area (Å²) in [5, 5.41) is 3.07. The van der Waals surface area contributed by atoms with Gasteiger partial charge in [0.1, 0.15) is 0 Å². The van der Waals surface area contributed by atoms with Gasteiger partial charge in [-0.15, -0.1) is 0 Å². The molecule has 2 amide bonds. The van der Waals surface area contributed by atoms with Gasteiger partial charge in [0.05, 0.1) is 13.2 Å². The quantitative estimate of drug-likeness (QED) is 0.881. The third kappa shape index (κ3) is 5.68. The predicted molar refractivity (Wildman–Crippen MR) is 97.6 cm³/mol. The minimum absolute atomic E-state index is 0.0757. The third-order valence-electron chi connectivity index (χ3n) is 5.09. The first-order chi connectivity index (χ1) is 12.2. The van der Waals surface area contributed by atoms with Gasteiger partial charge in [0.2, 0.25) is 0 Å². The molecule has 0 bridgehead atoms.